The second-order valence-corrected chi connectivity index (χ2v) is 7.93. The number of nitrogens with zero attached hydrogens (tertiary/aromatic N) is 3. The number of carbonyl (C=O) groups is 2. The standard InChI is InChI=1S/C21H18ClN3O2S/c1-3-12-25-16-7-5-4-6-15(16)17(20(25)27)18-19(26)23-21(28-18)24(2)14-10-8-13(22)9-11-14/h4-11H,3,12H2,1-2H3. The zero-order valence-electron chi connectivity index (χ0n) is 15.5. The summed E-state index contributed by atoms with van der Waals surface area (Å²) in [5, 5.41) is 1.18. The lowest BCUT2D eigenvalue weighted by Gasteiger charge is -2.18. The van der Waals surface area contributed by atoms with Crippen molar-refractivity contribution in [2.75, 3.05) is 23.4 Å². The molecule has 0 saturated heterocycles. The molecule has 2 heterocycles. The van der Waals surface area contributed by atoms with Crippen LogP contribution in [0, 0.1) is 0 Å². The van der Waals surface area contributed by atoms with Gasteiger partial charge in [0.15, 0.2) is 5.17 Å². The molecule has 2 aliphatic rings. The van der Waals surface area contributed by atoms with Gasteiger partial charge in [-0.15, -0.1) is 0 Å². The van der Waals surface area contributed by atoms with Gasteiger partial charge in [0.2, 0.25) is 0 Å². The van der Waals surface area contributed by atoms with Crippen molar-refractivity contribution in [3.05, 3.63) is 64.0 Å². The second-order valence-electron chi connectivity index (χ2n) is 6.52. The first kappa shape index (κ1) is 18.8. The number of amidine groups is 1. The van der Waals surface area contributed by atoms with Crippen LogP contribution in [0.15, 0.2) is 58.4 Å². The molecule has 142 valence electrons. The fourth-order valence-corrected chi connectivity index (χ4v) is 4.43. The van der Waals surface area contributed by atoms with E-state index in [0.717, 1.165) is 23.4 Å². The number of fused-ring (bicyclic) bond motifs is 1. The van der Waals surface area contributed by atoms with Crippen molar-refractivity contribution in [2.24, 2.45) is 4.99 Å². The first-order valence-corrected chi connectivity index (χ1v) is 10.2. The Morgan fingerprint density at radius 3 is 2.54 bits per heavy atom. The van der Waals surface area contributed by atoms with E-state index in [9.17, 15) is 9.59 Å². The highest BCUT2D eigenvalue weighted by molar-refractivity contribution is 8.19. The van der Waals surface area contributed by atoms with Crippen LogP contribution in [0.25, 0.3) is 5.57 Å². The maximum absolute atomic E-state index is 13.1. The van der Waals surface area contributed by atoms with Gasteiger partial charge < -0.3 is 9.80 Å². The Labute approximate surface area is 172 Å². The molecule has 0 radical (unpaired) electrons. The summed E-state index contributed by atoms with van der Waals surface area (Å²) in [7, 11) is 1.84. The van der Waals surface area contributed by atoms with Gasteiger partial charge in [-0.1, -0.05) is 36.7 Å². The average Bonchev–Trinajstić information content (AvgIpc) is 3.20. The third kappa shape index (κ3) is 3.12. The Kier molecular flexibility index (Phi) is 5.00. The van der Waals surface area contributed by atoms with E-state index in [1.165, 1.54) is 11.8 Å². The number of anilines is 2. The second kappa shape index (κ2) is 7.45. The van der Waals surface area contributed by atoms with Gasteiger partial charge in [0.1, 0.15) is 0 Å². The molecule has 0 aromatic heterocycles. The first-order valence-electron chi connectivity index (χ1n) is 8.97. The van der Waals surface area contributed by atoms with Crippen molar-refractivity contribution in [3.8, 4) is 0 Å². The van der Waals surface area contributed by atoms with E-state index >= 15 is 0 Å². The molecular weight excluding hydrogens is 394 g/mol. The molecule has 2 aromatic carbocycles. The van der Waals surface area contributed by atoms with Crippen LogP contribution in [0.1, 0.15) is 18.9 Å². The van der Waals surface area contributed by atoms with E-state index in [2.05, 4.69) is 4.99 Å². The number of hydrogen-bond donors (Lipinski definition) is 0. The quantitative estimate of drug-likeness (QED) is 0.694. The molecule has 5 nitrogen and oxygen atoms in total. The summed E-state index contributed by atoms with van der Waals surface area (Å²) in [5.41, 5.74) is 2.95. The molecule has 2 aromatic rings. The molecule has 0 unspecified atom stereocenters. The smallest absolute Gasteiger partial charge is 0.287 e. The molecule has 28 heavy (non-hydrogen) atoms. The van der Waals surface area contributed by atoms with Crippen LogP contribution in [0.2, 0.25) is 5.02 Å². The van der Waals surface area contributed by atoms with Crippen molar-refractivity contribution in [3.63, 3.8) is 0 Å². The van der Waals surface area contributed by atoms with E-state index in [1.807, 2.05) is 55.3 Å². The van der Waals surface area contributed by atoms with Crippen LogP contribution in [0.5, 0.6) is 0 Å². The van der Waals surface area contributed by atoms with Gasteiger partial charge in [-0.25, -0.2) is 0 Å². The van der Waals surface area contributed by atoms with Crippen molar-refractivity contribution in [1.82, 2.24) is 0 Å². The van der Waals surface area contributed by atoms with Crippen molar-refractivity contribution in [2.45, 2.75) is 13.3 Å². The summed E-state index contributed by atoms with van der Waals surface area (Å²) in [6, 6.07) is 14.9. The lowest BCUT2D eigenvalue weighted by atomic mass is 10.1. The third-order valence-corrected chi connectivity index (χ3v) is 6.07. The number of halogens is 1. The lowest BCUT2D eigenvalue weighted by molar-refractivity contribution is -0.115. The van der Waals surface area contributed by atoms with Gasteiger partial charge in [-0.3, -0.25) is 9.59 Å². The minimum absolute atomic E-state index is 0.135. The summed E-state index contributed by atoms with van der Waals surface area (Å²) in [6.07, 6.45) is 0.838. The number of aliphatic imine (C=N–C) groups is 1. The highest BCUT2D eigenvalue weighted by Crippen LogP contribution is 2.43. The SMILES string of the molecule is CCCN1C(=O)C(=C2SC(N(C)c3ccc(Cl)cc3)=NC2=O)c2ccccc21. The largest absolute Gasteiger partial charge is 0.324 e. The molecule has 0 N–H and O–H groups in total. The Bertz CT molecular complexity index is 1030. The predicted octanol–water partition coefficient (Wildman–Crippen LogP) is 4.57. The zero-order chi connectivity index (χ0) is 19.8. The maximum Gasteiger partial charge on any atom is 0.287 e. The van der Waals surface area contributed by atoms with E-state index < -0.39 is 0 Å². The zero-order valence-corrected chi connectivity index (χ0v) is 17.0. The van der Waals surface area contributed by atoms with Crippen LogP contribution >= 0.6 is 23.4 Å². The molecule has 0 saturated carbocycles. The topological polar surface area (TPSA) is 53.0 Å². The fourth-order valence-electron chi connectivity index (χ4n) is 3.32. The van der Waals surface area contributed by atoms with Crippen LogP contribution < -0.4 is 9.80 Å². The highest BCUT2D eigenvalue weighted by Gasteiger charge is 2.38. The van der Waals surface area contributed by atoms with Crippen molar-refractivity contribution >= 4 is 57.3 Å². The molecule has 0 atom stereocenters. The van der Waals surface area contributed by atoms with Gasteiger partial charge in [-0.2, -0.15) is 4.99 Å². The molecule has 2 amide bonds. The summed E-state index contributed by atoms with van der Waals surface area (Å²) >= 11 is 7.19. The molecule has 0 bridgehead atoms. The predicted molar refractivity (Wildman–Crippen MR) is 116 cm³/mol. The fraction of sp³-hybridized carbons (Fsp3) is 0.190. The minimum Gasteiger partial charge on any atom is -0.324 e. The van der Waals surface area contributed by atoms with Gasteiger partial charge in [0, 0.05) is 29.9 Å². The lowest BCUT2D eigenvalue weighted by Crippen LogP contribution is -2.27. The van der Waals surface area contributed by atoms with Crippen molar-refractivity contribution in [1.29, 1.82) is 0 Å². The molecule has 0 fully saturated rings. The van der Waals surface area contributed by atoms with Crippen molar-refractivity contribution < 1.29 is 9.59 Å². The number of carbonyl (C=O) groups excluding carboxylic acids is 2. The number of rotatable bonds is 3. The Morgan fingerprint density at radius 1 is 1.11 bits per heavy atom. The van der Waals surface area contributed by atoms with Gasteiger partial charge in [0.25, 0.3) is 11.8 Å². The molecule has 2 aliphatic heterocycles. The Balaban J connectivity index is 1.71. The van der Waals surface area contributed by atoms with Crippen LogP contribution in [-0.4, -0.2) is 30.6 Å². The van der Waals surface area contributed by atoms with Gasteiger partial charge >= 0.3 is 0 Å². The van der Waals surface area contributed by atoms with Crippen LogP contribution in [0.4, 0.5) is 11.4 Å². The van der Waals surface area contributed by atoms with Crippen LogP contribution in [0.3, 0.4) is 0 Å². The van der Waals surface area contributed by atoms with Gasteiger partial charge in [-0.05, 0) is 48.5 Å². The Hall–Kier alpha value is -2.57. The molecule has 4 rings (SSSR count). The number of hydrogen-bond acceptors (Lipinski definition) is 4. The molecule has 0 aliphatic carbocycles. The van der Waals surface area contributed by atoms with Crippen LogP contribution in [-0.2, 0) is 9.59 Å². The molecule has 7 heteroatoms. The number of para-hydroxylation sites is 1. The van der Waals surface area contributed by atoms with Gasteiger partial charge in [0.05, 0.1) is 16.2 Å². The maximum atomic E-state index is 13.1. The first-order chi connectivity index (χ1) is 13.5. The number of thioether (sulfide) groups is 1. The monoisotopic (exact) mass is 411 g/mol. The molecular formula is C21H18ClN3O2S. The summed E-state index contributed by atoms with van der Waals surface area (Å²) in [5.74, 6) is -0.512. The number of benzene rings is 2. The third-order valence-electron chi connectivity index (χ3n) is 4.68. The normalized spacial score (nSPS) is 18.5. The number of amides is 2. The van der Waals surface area contributed by atoms with E-state index in [1.54, 1.807) is 17.0 Å². The summed E-state index contributed by atoms with van der Waals surface area (Å²) in [6.45, 7) is 2.64. The molecule has 0 spiro atoms. The van der Waals surface area contributed by atoms with E-state index in [4.69, 9.17) is 11.6 Å². The average molecular weight is 412 g/mol. The summed E-state index contributed by atoms with van der Waals surface area (Å²) < 4.78 is 0. The highest BCUT2D eigenvalue weighted by atomic mass is 35.5. The van der Waals surface area contributed by atoms with E-state index in [-0.39, 0.29) is 11.8 Å². The summed E-state index contributed by atoms with van der Waals surface area (Å²) in [4.78, 5) is 33.9. The minimum atomic E-state index is -0.377. The van der Waals surface area contributed by atoms with E-state index in [0.29, 0.717) is 27.2 Å². The Morgan fingerprint density at radius 2 is 1.82 bits per heavy atom.